The first-order chi connectivity index (χ1) is 11.1. The summed E-state index contributed by atoms with van der Waals surface area (Å²) < 4.78 is 1.77. The number of anilines is 1. The van der Waals surface area contributed by atoms with E-state index in [2.05, 4.69) is 10.4 Å². The van der Waals surface area contributed by atoms with Crippen LogP contribution in [0.3, 0.4) is 0 Å². The quantitative estimate of drug-likeness (QED) is 0.935. The summed E-state index contributed by atoms with van der Waals surface area (Å²) in [5, 5.41) is 9.15. The summed E-state index contributed by atoms with van der Waals surface area (Å²) in [6.07, 6.45) is 2.80. The van der Waals surface area contributed by atoms with Crippen molar-refractivity contribution in [1.29, 1.82) is 0 Å². The Morgan fingerprint density at radius 1 is 1.48 bits per heavy atom. The van der Waals surface area contributed by atoms with Crippen molar-refractivity contribution in [3.63, 3.8) is 0 Å². The smallest absolute Gasteiger partial charge is 0.231 e. The van der Waals surface area contributed by atoms with E-state index >= 15 is 0 Å². The molecule has 6 nitrogen and oxygen atoms in total. The lowest BCUT2D eigenvalue weighted by Crippen LogP contribution is -2.44. The number of piperidine rings is 1. The summed E-state index contributed by atoms with van der Waals surface area (Å²) in [4.78, 5) is 27.5. The molecule has 3 rings (SSSR count). The Kier molecular flexibility index (Phi) is 4.47. The Labute approximate surface area is 139 Å². The number of amides is 2. The minimum absolute atomic E-state index is 0.0795. The molecule has 2 aromatic heterocycles. The summed E-state index contributed by atoms with van der Waals surface area (Å²) in [5.41, 5.74) is 0. The molecule has 23 heavy (non-hydrogen) atoms. The van der Waals surface area contributed by atoms with Crippen molar-refractivity contribution in [2.45, 2.75) is 32.4 Å². The fourth-order valence-corrected chi connectivity index (χ4v) is 3.92. The molecule has 1 N–H and O–H groups in total. The minimum Gasteiger partial charge on any atom is -0.337 e. The molecule has 0 unspecified atom stereocenters. The fourth-order valence-electron chi connectivity index (χ4n) is 2.98. The van der Waals surface area contributed by atoms with Gasteiger partial charge in [-0.2, -0.15) is 5.10 Å². The number of aryl methyl sites for hydroxylation is 1. The van der Waals surface area contributed by atoms with Crippen molar-refractivity contribution < 1.29 is 9.59 Å². The van der Waals surface area contributed by atoms with Crippen LogP contribution in [0.25, 0.3) is 0 Å². The molecule has 0 bridgehead atoms. The highest BCUT2D eigenvalue weighted by atomic mass is 32.1. The van der Waals surface area contributed by atoms with Crippen molar-refractivity contribution in [1.82, 2.24) is 14.7 Å². The molecule has 3 heterocycles. The average Bonchev–Trinajstić information content (AvgIpc) is 3.21. The molecule has 0 aliphatic carbocycles. The molecule has 0 radical (unpaired) electrons. The van der Waals surface area contributed by atoms with Crippen molar-refractivity contribution in [3.05, 3.63) is 34.7 Å². The molecular weight excluding hydrogens is 312 g/mol. The number of hydrogen-bond donors (Lipinski definition) is 1. The predicted octanol–water partition coefficient (Wildman–Crippen LogP) is 2.51. The molecule has 0 spiro atoms. The van der Waals surface area contributed by atoms with Gasteiger partial charge in [-0.1, -0.05) is 6.07 Å². The molecule has 2 atom stereocenters. The first-order valence-electron chi connectivity index (χ1n) is 7.73. The Morgan fingerprint density at radius 3 is 2.96 bits per heavy atom. The zero-order chi connectivity index (χ0) is 16.4. The lowest BCUT2D eigenvalue weighted by Gasteiger charge is -2.37. The lowest BCUT2D eigenvalue weighted by molar-refractivity contribution is -0.140. The van der Waals surface area contributed by atoms with Gasteiger partial charge in [-0.15, -0.1) is 11.3 Å². The van der Waals surface area contributed by atoms with E-state index in [1.54, 1.807) is 34.0 Å². The van der Waals surface area contributed by atoms with Crippen LogP contribution in [0.2, 0.25) is 0 Å². The van der Waals surface area contributed by atoms with Crippen molar-refractivity contribution in [2.24, 2.45) is 5.92 Å². The fraction of sp³-hybridized carbons (Fsp3) is 0.438. The van der Waals surface area contributed by atoms with Crippen molar-refractivity contribution >= 4 is 29.0 Å². The van der Waals surface area contributed by atoms with Crippen LogP contribution >= 0.6 is 11.3 Å². The number of likely N-dealkylation sites (tertiary alicyclic amines) is 1. The predicted molar refractivity (Wildman–Crippen MR) is 89.1 cm³/mol. The van der Waals surface area contributed by atoms with Crippen LogP contribution < -0.4 is 5.32 Å². The van der Waals surface area contributed by atoms with E-state index in [1.807, 2.05) is 30.6 Å². The third-order valence-corrected chi connectivity index (χ3v) is 5.19. The van der Waals surface area contributed by atoms with Gasteiger partial charge in [0.15, 0.2) is 5.82 Å². The van der Waals surface area contributed by atoms with Gasteiger partial charge in [0.2, 0.25) is 11.8 Å². The zero-order valence-electron chi connectivity index (χ0n) is 13.2. The minimum atomic E-state index is -0.261. The number of carbonyl (C=O) groups excluding carboxylic acids is 2. The molecule has 1 aliphatic heterocycles. The van der Waals surface area contributed by atoms with E-state index < -0.39 is 0 Å². The van der Waals surface area contributed by atoms with Gasteiger partial charge in [0.1, 0.15) is 0 Å². The van der Waals surface area contributed by atoms with E-state index in [-0.39, 0.29) is 23.8 Å². The monoisotopic (exact) mass is 332 g/mol. The number of aromatic nitrogens is 2. The summed E-state index contributed by atoms with van der Waals surface area (Å²) >= 11 is 1.58. The van der Waals surface area contributed by atoms with E-state index in [9.17, 15) is 9.59 Å². The van der Waals surface area contributed by atoms with E-state index in [1.165, 1.54) is 0 Å². The van der Waals surface area contributed by atoms with Gasteiger partial charge in [-0.05, 0) is 24.8 Å². The van der Waals surface area contributed by atoms with Gasteiger partial charge < -0.3 is 10.2 Å². The Hall–Kier alpha value is -2.15. The van der Waals surface area contributed by atoms with Crippen molar-refractivity contribution in [3.8, 4) is 0 Å². The largest absolute Gasteiger partial charge is 0.337 e. The second kappa shape index (κ2) is 6.54. The van der Waals surface area contributed by atoms with E-state index in [0.29, 0.717) is 18.7 Å². The van der Waals surface area contributed by atoms with Crippen LogP contribution in [0.5, 0.6) is 0 Å². The number of rotatable bonds is 4. The first kappa shape index (κ1) is 15.7. The topological polar surface area (TPSA) is 67.2 Å². The third-order valence-electron chi connectivity index (χ3n) is 4.25. The second-order valence-electron chi connectivity index (χ2n) is 5.66. The van der Waals surface area contributed by atoms with E-state index in [4.69, 9.17) is 0 Å². The third kappa shape index (κ3) is 3.14. The van der Waals surface area contributed by atoms with E-state index in [0.717, 1.165) is 11.4 Å². The molecule has 2 aromatic rings. The Morgan fingerprint density at radius 2 is 2.30 bits per heavy atom. The van der Waals surface area contributed by atoms with Crippen LogP contribution in [0, 0.1) is 5.92 Å². The van der Waals surface area contributed by atoms with Gasteiger partial charge in [-0.25, -0.2) is 0 Å². The van der Waals surface area contributed by atoms with Crippen LogP contribution in [0.4, 0.5) is 5.82 Å². The molecule has 1 aliphatic rings. The maximum absolute atomic E-state index is 12.7. The van der Waals surface area contributed by atoms with Gasteiger partial charge >= 0.3 is 0 Å². The van der Waals surface area contributed by atoms with Gasteiger partial charge in [0, 0.05) is 37.2 Å². The van der Waals surface area contributed by atoms with Gasteiger partial charge in [-0.3, -0.25) is 14.3 Å². The molecule has 7 heteroatoms. The Balaban J connectivity index is 1.80. The molecule has 1 fully saturated rings. The highest BCUT2D eigenvalue weighted by molar-refractivity contribution is 7.10. The number of hydrogen-bond acceptors (Lipinski definition) is 4. The van der Waals surface area contributed by atoms with Gasteiger partial charge in [0.25, 0.3) is 0 Å². The first-order valence-corrected chi connectivity index (χ1v) is 8.61. The van der Waals surface area contributed by atoms with Crippen molar-refractivity contribution in [2.75, 3.05) is 12.4 Å². The summed E-state index contributed by atoms with van der Waals surface area (Å²) in [7, 11) is 1.78. The number of nitrogens with one attached hydrogen (secondary N) is 1. The number of carbonyl (C=O) groups is 2. The summed E-state index contributed by atoms with van der Waals surface area (Å²) in [6, 6.07) is 5.52. The van der Waals surface area contributed by atoms with Crippen LogP contribution in [-0.4, -0.2) is 33.5 Å². The molecule has 1 saturated heterocycles. The van der Waals surface area contributed by atoms with Gasteiger partial charge in [0.05, 0.1) is 12.0 Å². The summed E-state index contributed by atoms with van der Waals surface area (Å²) in [5.74, 6) is 0.302. The SMILES string of the molecule is CCn1ccc(NC(=O)[C@H]2CCC(=O)N(C)[C@H]2c2cccs2)n1. The molecule has 122 valence electrons. The maximum Gasteiger partial charge on any atom is 0.231 e. The lowest BCUT2D eigenvalue weighted by atomic mass is 9.87. The average molecular weight is 332 g/mol. The standard InChI is InChI=1S/C16H20N4O2S/c1-3-20-9-8-13(18-20)17-16(22)11-6-7-14(21)19(2)15(11)12-5-4-10-23-12/h4-5,8-11,15H,3,6-7H2,1-2H3,(H,17,18,22)/t11-,15+/m0/s1. The normalized spacial score (nSPS) is 21.5. The number of thiophene rings is 1. The Bertz CT molecular complexity index is 695. The van der Waals surface area contributed by atoms with Crippen LogP contribution in [0.15, 0.2) is 29.8 Å². The summed E-state index contributed by atoms with van der Waals surface area (Å²) in [6.45, 7) is 2.75. The molecule has 0 saturated carbocycles. The number of nitrogens with zero attached hydrogens (tertiary/aromatic N) is 3. The second-order valence-corrected chi connectivity index (χ2v) is 6.64. The highest BCUT2D eigenvalue weighted by Crippen LogP contribution is 2.38. The molecule has 2 amide bonds. The highest BCUT2D eigenvalue weighted by Gasteiger charge is 2.39. The van der Waals surface area contributed by atoms with Crippen LogP contribution in [-0.2, 0) is 16.1 Å². The molecular formula is C16H20N4O2S. The molecule has 0 aromatic carbocycles. The maximum atomic E-state index is 12.7. The van der Waals surface area contributed by atoms with Crippen LogP contribution in [0.1, 0.15) is 30.7 Å². The zero-order valence-corrected chi connectivity index (χ0v) is 14.0.